The highest BCUT2D eigenvalue weighted by atomic mass is 32.2. The van der Waals surface area contributed by atoms with Crippen LogP contribution in [0.1, 0.15) is 11.1 Å². The Balaban J connectivity index is 2.06. The van der Waals surface area contributed by atoms with Crippen molar-refractivity contribution in [1.82, 2.24) is 10.2 Å². The number of aromatic amines is 1. The second kappa shape index (κ2) is 7.36. The molecule has 0 saturated heterocycles. The number of H-pyrrole nitrogens is 1. The maximum Gasteiger partial charge on any atom is 0.416 e. The molecular weight excluding hydrogens is 407 g/mol. The van der Waals surface area contributed by atoms with E-state index in [4.69, 9.17) is 0 Å². The third-order valence-electron chi connectivity index (χ3n) is 4.34. The fraction of sp³-hybridized carbons (Fsp3) is 0.158. The molecule has 152 valence electrons. The lowest BCUT2D eigenvalue weighted by molar-refractivity contribution is -0.137. The van der Waals surface area contributed by atoms with Gasteiger partial charge in [0.1, 0.15) is 0 Å². The van der Waals surface area contributed by atoms with Gasteiger partial charge in [0.25, 0.3) is 15.6 Å². The fourth-order valence-electron chi connectivity index (χ4n) is 2.71. The van der Waals surface area contributed by atoms with E-state index in [9.17, 15) is 26.4 Å². The predicted octanol–water partition coefficient (Wildman–Crippen LogP) is 3.59. The average molecular weight is 423 g/mol. The second-order valence-electron chi connectivity index (χ2n) is 6.31. The molecule has 0 unspecified atom stereocenters. The molecule has 0 spiro atoms. The van der Waals surface area contributed by atoms with Crippen LogP contribution in [0.15, 0.2) is 64.3 Å². The third-order valence-corrected chi connectivity index (χ3v) is 6.27. The Morgan fingerprint density at radius 3 is 2.38 bits per heavy atom. The van der Waals surface area contributed by atoms with Crippen molar-refractivity contribution >= 4 is 15.7 Å². The van der Waals surface area contributed by atoms with Crippen LogP contribution in [-0.2, 0) is 16.2 Å². The van der Waals surface area contributed by atoms with Gasteiger partial charge in [-0.05, 0) is 42.8 Å². The summed E-state index contributed by atoms with van der Waals surface area (Å²) in [5, 5.41) is 6.14. The van der Waals surface area contributed by atoms with Crippen LogP contribution >= 0.6 is 0 Å². The average Bonchev–Trinajstić information content (AvgIpc) is 2.68. The lowest BCUT2D eigenvalue weighted by Gasteiger charge is -2.22. The van der Waals surface area contributed by atoms with Crippen molar-refractivity contribution in [2.75, 3.05) is 11.4 Å². The molecule has 0 aliphatic rings. The Bertz CT molecular complexity index is 1200. The number of halogens is 3. The molecular formula is C19H16F3N3O3S. The van der Waals surface area contributed by atoms with Gasteiger partial charge in [-0.15, -0.1) is 0 Å². The van der Waals surface area contributed by atoms with Crippen LogP contribution in [0.5, 0.6) is 0 Å². The molecule has 0 atom stereocenters. The van der Waals surface area contributed by atoms with Crippen molar-refractivity contribution < 1.29 is 21.6 Å². The van der Waals surface area contributed by atoms with Gasteiger partial charge in [0.05, 0.1) is 21.8 Å². The van der Waals surface area contributed by atoms with Gasteiger partial charge in [-0.3, -0.25) is 9.10 Å². The van der Waals surface area contributed by atoms with Crippen LogP contribution in [0, 0.1) is 6.92 Å². The summed E-state index contributed by atoms with van der Waals surface area (Å²) in [4.78, 5) is 11.1. The highest BCUT2D eigenvalue weighted by molar-refractivity contribution is 7.92. The van der Waals surface area contributed by atoms with Crippen molar-refractivity contribution in [3.05, 3.63) is 76.1 Å². The zero-order valence-electron chi connectivity index (χ0n) is 15.4. The molecule has 10 heteroatoms. The monoisotopic (exact) mass is 423 g/mol. The van der Waals surface area contributed by atoms with E-state index in [1.165, 1.54) is 31.3 Å². The molecule has 1 N–H and O–H groups in total. The Labute approximate surface area is 164 Å². The van der Waals surface area contributed by atoms with E-state index in [1.807, 2.05) is 0 Å². The zero-order chi connectivity index (χ0) is 21.4. The Morgan fingerprint density at radius 2 is 1.76 bits per heavy atom. The molecule has 1 aromatic heterocycles. The van der Waals surface area contributed by atoms with Gasteiger partial charge in [0.15, 0.2) is 0 Å². The van der Waals surface area contributed by atoms with Crippen LogP contribution in [-0.4, -0.2) is 25.7 Å². The Hall–Kier alpha value is -3.14. The highest BCUT2D eigenvalue weighted by Crippen LogP contribution is 2.33. The topological polar surface area (TPSA) is 83.1 Å². The van der Waals surface area contributed by atoms with E-state index < -0.39 is 27.3 Å². The number of hydrogen-bond donors (Lipinski definition) is 1. The SMILES string of the molecule is Cc1ccc(-c2ccc(=O)[nH]n2)cc1S(=O)(=O)N(C)c1cccc(C(F)(F)F)c1. The first kappa shape index (κ1) is 20.6. The standard InChI is InChI=1S/C19H16F3N3O3S/c1-12-6-7-13(16-8-9-18(26)24-23-16)10-17(12)29(27,28)25(2)15-5-3-4-14(11-15)19(20,21)22/h3-11H,1-2H3,(H,24,26). The number of hydrogen-bond acceptors (Lipinski definition) is 4. The van der Waals surface area contributed by atoms with E-state index in [0.717, 1.165) is 22.5 Å². The van der Waals surface area contributed by atoms with E-state index in [1.54, 1.807) is 19.1 Å². The number of sulfonamides is 1. The molecule has 0 amide bonds. The summed E-state index contributed by atoms with van der Waals surface area (Å²) in [5.41, 5.74) is -0.271. The normalized spacial score (nSPS) is 12.0. The van der Waals surface area contributed by atoms with Crippen molar-refractivity contribution in [2.45, 2.75) is 18.0 Å². The molecule has 3 rings (SSSR count). The van der Waals surface area contributed by atoms with Gasteiger partial charge in [-0.1, -0.05) is 18.2 Å². The van der Waals surface area contributed by atoms with Gasteiger partial charge < -0.3 is 0 Å². The first-order valence-corrected chi connectivity index (χ1v) is 9.77. The Morgan fingerprint density at radius 1 is 1.03 bits per heavy atom. The maximum atomic E-state index is 13.1. The molecule has 0 radical (unpaired) electrons. The third kappa shape index (κ3) is 4.16. The van der Waals surface area contributed by atoms with Gasteiger partial charge >= 0.3 is 6.18 Å². The van der Waals surface area contributed by atoms with Gasteiger partial charge in [0.2, 0.25) is 0 Å². The summed E-state index contributed by atoms with van der Waals surface area (Å²) >= 11 is 0. The quantitative estimate of drug-likeness (QED) is 0.695. The first-order chi connectivity index (χ1) is 13.5. The van der Waals surface area contributed by atoms with Crippen LogP contribution in [0.3, 0.4) is 0 Å². The molecule has 0 saturated carbocycles. The van der Waals surface area contributed by atoms with Crippen molar-refractivity contribution in [2.24, 2.45) is 0 Å². The number of aryl methyl sites for hydroxylation is 1. The molecule has 2 aromatic carbocycles. The van der Waals surface area contributed by atoms with Crippen LogP contribution in [0.4, 0.5) is 18.9 Å². The van der Waals surface area contributed by atoms with Crippen LogP contribution in [0.25, 0.3) is 11.3 Å². The van der Waals surface area contributed by atoms with Crippen LogP contribution < -0.4 is 9.86 Å². The van der Waals surface area contributed by atoms with Crippen LogP contribution in [0.2, 0.25) is 0 Å². The second-order valence-corrected chi connectivity index (χ2v) is 8.25. The van der Waals surface area contributed by atoms with Crippen molar-refractivity contribution in [3.63, 3.8) is 0 Å². The Kier molecular flexibility index (Phi) is 5.22. The number of benzene rings is 2. The summed E-state index contributed by atoms with van der Waals surface area (Å²) in [5.74, 6) is 0. The summed E-state index contributed by atoms with van der Waals surface area (Å²) < 4.78 is 66.0. The number of nitrogens with zero attached hydrogens (tertiary/aromatic N) is 2. The summed E-state index contributed by atoms with van der Waals surface area (Å²) in [6.07, 6.45) is -4.59. The minimum Gasteiger partial charge on any atom is -0.269 e. The lowest BCUT2D eigenvalue weighted by Crippen LogP contribution is -2.27. The summed E-state index contributed by atoms with van der Waals surface area (Å²) in [6.45, 7) is 1.58. The number of anilines is 1. The number of aromatic nitrogens is 2. The largest absolute Gasteiger partial charge is 0.416 e. The molecule has 6 nitrogen and oxygen atoms in total. The molecule has 0 aliphatic heterocycles. The van der Waals surface area contributed by atoms with Gasteiger partial charge in [-0.2, -0.15) is 18.3 Å². The number of rotatable bonds is 4. The fourth-order valence-corrected chi connectivity index (χ4v) is 4.14. The molecule has 1 heterocycles. The van der Waals surface area contributed by atoms with Gasteiger partial charge in [-0.25, -0.2) is 13.5 Å². The molecule has 29 heavy (non-hydrogen) atoms. The van der Waals surface area contributed by atoms with Crippen molar-refractivity contribution in [3.8, 4) is 11.3 Å². The highest BCUT2D eigenvalue weighted by Gasteiger charge is 2.32. The van der Waals surface area contributed by atoms with E-state index in [0.29, 0.717) is 16.8 Å². The van der Waals surface area contributed by atoms with Gasteiger partial charge in [0, 0.05) is 18.7 Å². The van der Waals surface area contributed by atoms with E-state index >= 15 is 0 Å². The molecule has 3 aromatic rings. The first-order valence-electron chi connectivity index (χ1n) is 8.33. The minimum absolute atomic E-state index is 0.0806. The summed E-state index contributed by atoms with van der Waals surface area (Å²) in [7, 11) is -2.97. The van der Waals surface area contributed by atoms with Crippen molar-refractivity contribution in [1.29, 1.82) is 0 Å². The molecule has 0 aliphatic carbocycles. The number of nitrogens with one attached hydrogen (secondary N) is 1. The smallest absolute Gasteiger partial charge is 0.269 e. The molecule has 0 fully saturated rings. The minimum atomic E-state index is -4.59. The summed E-state index contributed by atoms with van der Waals surface area (Å²) in [6, 6.07) is 11.4. The number of alkyl halides is 3. The van der Waals surface area contributed by atoms with E-state index in [2.05, 4.69) is 10.2 Å². The lowest BCUT2D eigenvalue weighted by atomic mass is 10.1. The maximum absolute atomic E-state index is 13.1. The predicted molar refractivity (Wildman–Crippen MR) is 102 cm³/mol. The molecule has 0 bridgehead atoms. The zero-order valence-corrected chi connectivity index (χ0v) is 16.2. The van der Waals surface area contributed by atoms with E-state index in [-0.39, 0.29) is 10.6 Å².